The van der Waals surface area contributed by atoms with Crippen molar-refractivity contribution in [3.8, 4) is 11.5 Å². The first-order chi connectivity index (χ1) is 8.95. The molecule has 0 unspecified atom stereocenters. The molecule has 0 spiro atoms. The molecule has 2 aromatic carbocycles. The third-order valence-corrected chi connectivity index (χ3v) is 2.98. The molecule has 2 rings (SSSR count). The van der Waals surface area contributed by atoms with E-state index in [-0.39, 0.29) is 11.8 Å². The van der Waals surface area contributed by atoms with Crippen molar-refractivity contribution < 1.29 is 9.13 Å². The van der Waals surface area contributed by atoms with Crippen LogP contribution in [0.2, 0.25) is 10.0 Å². The number of rotatable bonds is 3. The molecule has 0 heterocycles. The van der Waals surface area contributed by atoms with E-state index in [0.29, 0.717) is 21.4 Å². The van der Waals surface area contributed by atoms with Gasteiger partial charge in [0.05, 0.1) is 0 Å². The minimum Gasteiger partial charge on any atom is -0.454 e. The van der Waals surface area contributed by atoms with E-state index in [1.165, 1.54) is 12.1 Å². The van der Waals surface area contributed by atoms with Crippen LogP contribution in [-0.2, 0) is 0 Å². The van der Waals surface area contributed by atoms with Crippen LogP contribution in [0.1, 0.15) is 18.5 Å². The van der Waals surface area contributed by atoms with E-state index in [4.69, 9.17) is 33.7 Å². The van der Waals surface area contributed by atoms with Gasteiger partial charge in [-0.2, -0.15) is 0 Å². The average Bonchev–Trinajstić information content (AvgIpc) is 2.30. The Balaban J connectivity index is 2.28. The van der Waals surface area contributed by atoms with Crippen LogP contribution in [0.4, 0.5) is 4.39 Å². The Morgan fingerprint density at radius 1 is 1.11 bits per heavy atom. The minimum absolute atomic E-state index is 0.0998. The number of benzene rings is 2. The molecule has 2 aromatic rings. The first kappa shape index (κ1) is 14.1. The summed E-state index contributed by atoms with van der Waals surface area (Å²) in [6.07, 6.45) is 0. The van der Waals surface area contributed by atoms with Crippen molar-refractivity contribution in [3.63, 3.8) is 0 Å². The molecule has 2 N–H and O–H groups in total. The van der Waals surface area contributed by atoms with E-state index in [9.17, 15) is 4.39 Å². The maximum absolute atomic E-state index is 13.9. The van der Waals surface area contributed by atoms with Gasteiger partial charge in [-0.05, 0) is 42.8 Å². The molecule has 0 aromatic heterocycles. The highest BCUT2D eigenvalue weighted by Gasteiger charge is 2.09. The molecule has 0 fully saturated rings. The summed E-state index contributed by atoms with van der Waals surface area (Å²) >= 11 is 11.7. The zero-order valence-corrected chi connectivity index (χ0v) is 11.7. The lowest BCUT2D eigenvalue weighted by Gasteiger charge is -2.10. The lowest BCUT2D eigenvalue weighted by molar-refractivity contribution is 0.441. The Morgan fingerprint density at radius 2 is 1.74 bits per heavy atom. The molecule has 0 aliphatic rings. The van der Waals surface area contributed by atoms with Crippen LogP contribution in [-0.4, -0.2) is 0 Å². The van der Waals surface area contributed by atoms with Crippen molar-refractivity contribution in [2.45, 2.75) is 13.0 Å². The van der Waals surface area contributed by atoms with Crippen molar-refractivity contribution >= 4 is 23.2 Å². The molecule has 1 atom stereocenters. The van der Waals surface area contributed by atoms with E-state index in [1.54, 1.807) is 31.2 Å². The second-order valence-corrected chi connectivity index (χ2v) is 5.06. The zero-order valence-electron chi connectivity index (χ0n) is 10.2. The Labute approximate surface area is 120 Å². The molecular weight excluding hydrogens is 288 g/mol. The third kappa shape index (κ3) is 3.60. The first-order valence-electron chi connectivity index (χ1n) is 5.64. The Morgan fingerprint density at radius 3 is 2.26 bits per heavy atom. The lowest BCUT2D eigenvalue weighted by atomic mass is 10.1. The van der Waals surface area contributed by atoms with Gasteiger partial charge in [0, 0.05) is 16.1 Å². The van der Waals surface area contributed by atoms with E-state index < -0.39 is 5.82 Å². The molecule has 2 nitrogen and oxygen atoms in total. The van der Waals surface area contributed by atoms with Gasteiger partial charge in [-0.25, -0.2) is 4.39 Å². The Bertz CT molecular complexity index is 582. The molecular formula is C14H12Cl2FNO. The smallest absolute Gasteiger partial charge is 0.166 e. The summed E-state index contributed by atoms with van der Waals surface area (Å²) in [7, 11) is 0. The van der Waals surface area contributed by atoms with Gasteiger partial charge in [-0.15, -0.1) is 0 Å². The summed E-state index contributed by atoms with van der Waals surface area (Å²) in [6, 6.07) is 9.07. The van der Waals surface area contributed by atoms with Crippen molar-refractivity contribution in [2.24, 2.45) is 5.73 Å². The number of hydrogen-bond donors (Lipinski definition) is 1. The fraction of sp³-hybridized carbons (Fsp3) is 0.143. The molecule has 0 radical (unpaired) electrons. The zero-order chi connectivity index (χ0) is 14.0. The summed E-state index contributed by atoms with van der Waals surface area (Å²) in [5, 5.41) is 0.852. The quantitative estimate of drug-likeness (QED) is 0.871. The monoisotopic (exact) mass is 299 g/mol. The molecule has 0 amide bonds. The summed E-state index contributed by atoms with van der Waals surface area (Å²) in [5.41, 5.74) is 6.39. The maximum Gasteiger partial charge on any atom is 0.166 e. The lowest BCUT2D eigenvalue weighted by Crippen LogP contribution is -2.05. The van der Waals surface area contributed by atoms with Crippen LogP contribution < -0.4 is 10.5 Å². The van der Waals surface area contributed by atoms with Crippen molar-refractivity contribution in [3.05, 3.63) is 57.8 Å². The topological polar surface area (TPSA) is 35.2 Å². The minimum atomic E-state index is -0.481. The Hall–Kier alpha value is -1.29. The van der Waals surface area contributed by atoms with Gasteiger partial charge in [0.25, 0.3) is 0 Å². The molecule has 0 saturated carbocycles. The summed E-state index contributed by atoms with van der Waals surface area (Å²) < 4.78 is 19.3. The van der Waals surface area contributed by atoms with Crippen molar-refractivity contribution in [1.82, 2.24) is 0 Å². The van der Waals surface area contributed by atoms with Crippen molar-refractivity contribution in [2.75, 3.05) is 0 Å². The predicted octanol–water partition coefficient (Wildman–Crippen LogP) is 4.94. The molecule has 100 valence electrons. The fourth-order valence-electron chi connectivity index (χ4n) is 1.60. The number of nitrogens with two attached hydrogens (primary N) is 1. The SMILES string of the molecule is C[C@H](N)c1ccc(Oc2cc(Cl)cc(Cl)c2)c(F)c1. The van der Waals surface area contributed by atoms with Crippen LogP contribution in [0, 0.1) is 5.82 Å². The molecule has 19 heavy (non-hydrogen) atoms. The van der Waals surface area contributed by atoms with E-state index >= 15 is 0 Å². The van der Waals surface area contributed by atoms with E-state index in [1.807, 2.05) is 0 Å². The van der Waals surface area contributed by atoms with E-state index in [2.05, 4.69) is 0 Å². The second-order valence-electron chi connectivity index (χ2n) is 4.19. The van der Waals surface area contributed by atoms with Crippen LogP contribution in [0.15, 0.2) is 36.4 Å². The number of halogens is 3. The van der Waals surface area contributed by atoms with Crippen LogP contribution in [0.25, 0.3) is 0 Å². The molecule has 0 bridgehead atoms. The molecule has 0 aliphatic heterocycles. The molecule has 5 heteroatoms. The highest BCUT2D eigenvalue weighted by molar-refractivity contribution is 6.34. The fourth-order valence-corrected chi connectivity index (χ4v) is 2.10. The standard InChI is InChI=1S/C14H12Cl2FNO/c1-8(18)9-2-3-14(13(17)4-9)19-12-6-10(15)5-11(16)7-12/h2-8H,18H2,1H3/t8-/m0/s1. The average molecular weight is 300 g/mol. The number of ether oxygens (including phenoxy) is 1. The third-order valence-electron chi connectivity index (χ3n) is 2.55. The molecule has 0 saturated heterocycles. The Kier molecular flexibility index (Phi) is 4.30. The van der Waals surface area contributed by atoms with Gasteiger partial charge in [-0.1, -0.05) is 29.3 Å². The predicted molar refractivity (Wildman–Crippen MR) is 75.5 cm³/mol. The number of hydrogen-bond acceptors (Lipinski definition) is 2. The van der Waals surface area contributed by atoms with Gasteiger partial charge < -0.3 is 10.5 Å². The van der Waals surface area contributed by atoms with Crippen LogP contribution >= 0.6 is 23.2 Å². The summed E-state index contributed by atoms with van der Waals surface area (Å²) in [4.78, 5) is 0. The molecule has 0 aliphatic carbocycles. The van der Waals surface area contributed by atoms with Gasteiger partial charge in [-0.3, -0.25) is 0 Å². The summed E-state index contributed by atoms with van der Waals surface area (Å²) in [5.74, 6) is -0.00132. The normalized spacial score (nSPS) is 12.3. The highest BCUT2D eigenvalue weighted by Crippen LogP contribution is 2.30. The van der Waals surface area contributed by atoms with Crippen LogP contribution in [0.3, 0.4) is 0 Å². The van der Waals surface area contributed by atoms with Crippen LogP contribution in [0.5, 0.6) is 11.5 Å². The first-order valence-corrected chi connectivity index (χ1v) is 6.40. The summed E-state index contributed by atoms with van der Waals surface area (Å²) in [6.45, 7) is 1.78. The largest absolute Gasteiger partial charge is 0.454 e. The second kappa shape index (κ2) is 5.78. The van der Waals surface area contributed by atoms with Gasteiger partial charge in [0.1, 0.15) is 5.75 Å². The van der Waals surface area contributed by atoms with E-state index in [0.717, 1.165) is 0 Å². The highest BCUT2D eigenvalue weighted by atomic mass is 35.5. The van der Waals surface area contributed by atoms with Gasteiger partial charge >= 0.3 is 0 Å². The van der Waals surface area contributed by atoms with Crippen molar-refractivity contribution in [1.29, 1.82) is 0 Å². The van der Waals surface area contributed by atoms with Gasteiger partial charge in [0.2, 0.25) is 0 Å². The maximum atomic E-state index is 13.9. The van der Waals surface area contributed by atoms with Gasteiger partial charge in [0.15, 0.2) is 11.6 Å².